The number of amides is 2. The molecule has 0 saturated carbocycles. The van der Waals surface area contributed by atoms with E-state index >= 15 is 0 Å². The number of rotatable bonds is 9. The van der Waals surface area contributed by atoms with Gasteiger partial charge in [0.15, 0.2) is 11.5 Å². The normalized spacial score (nSPS) is 10.8. The first-order chi connectivity index (χ1) is 13.1. The lowest BCUT2D eigenvalue weighted by Crippen LogP contribution is -2.33. The molecule has 1 aromatic carbocycles. The van der Waals surface area contributed by atoms with E-state index in [1.54, 1.807) is 20.8 Å². The van der Waals surface area contributed by atoms with Gasteiger partial charge >= 0.3 is 12.1 Å². The molecule has 0 atom stereocenters. The predicted molar refractivity (Wildman–Crippen MR) is 107 cm³/mol. The summed E-state index contributed by atoms with van der Waals surface area (Å²) in [6.45, 7) is 5.64. The molecule has 0 aliphatic heterocycles. The van der Waals surface area contributed by atoms with Gasteiger partial charge in [0.1, 0.15) is 5.60 Å². The Balaban J connectivity index is 2.55. The van der Waals surface area contributed by atoms with Crippen LogP contribution in [-0.2, 0) is 9.53 Å². The molecule has 0 saturated heterocycles. The average molecular weight is 414 g/mol. The summed E-state index contributed by atoms with van der Waals surface area (Å²) in [5.41, 5.74) is -0.566. The molecule has 0 spiro atoms. The van der Waals surface area contributed by atoms with Crippen molar-refractivity contribution in [2.24, 2.45) is 0 Å². The van der Waals surface area contributed by atoms with Gasteiger partial charge in [0.05, 0.1) is 31.2 Å². The van der Waals surface area contributed by atoms with Crippen LogP contribution in [0.15, 0.2) is 12.1 Å². The van der Waals surface area contributed by atoms with Crippen LogP contribution in [-0.4, -0.2) is 60.9 Å². The highest BCUT2D eigenvalue weighted by molar-refractivity contribution is 7.99. The van der Waals surface area contributed by atoms with Crippen molar-refractivity contribution in [2.45, 2.75) is 26.4 Å². The molecule has 0 bridgehead atoms. The summed E-state index contributed by atoms with van der Waals surface area (Å²) in [5, 5.41) is 14.5. The molecule has 0 fully saturated rings. The summed E-state index contributed by atoms with van der Waals surface area (Å²) in [6, 6.07) is 2.68. The van der Waals surface area contributed by atoms with E-state index in [2.05, 4.69) is 10.6 Å². The maximum atomic E-state index is 12.1. The lowest BCUT2D eigenvalue weighted by Gasteiger charge is -2.19. The van der Waals surface area contributed by atoms with Crippen molar-refractivity contribution in [3.63, 3.8) is 0 Å². The lowest BCUT2D eigenvalue weighted by atomic mass is 10.1. The zero-order chi connectivity index (χ0) is 21.3. The van der Waals surface area contributed by atoms with Gasteiger partial charge in [0.2, 0.25) is 5.91 Å². The fourth-order valence-electron chi connectivity index (χ4n) is 2.05. The lowest BCUT2D eigenvalue weighted by molar-refractivity contribution is -0.113. The highest BCUT2D eigenvalue weighted by atomic mass is 32.2. The summed E-state index contributed by atoms with van der Waals surface area (Å²) in [4.78, 5) is 35.1. The van der Waals surface area contributed by atoms with Crippen LogP contribution in [0.4, 0.5) is 10.5 Å². The van der Waals surface area contributed by atoms with Gasteiger partial charge in [0, 0.05) is 24.4 Å². The molecule has 2 amide bonds. The monoisotopic (exact) mass is 414 g/mol. The predicted octanol–water partition coefficient (Wildman–Crippen LogP) is 2.60. The highest BCUT2D eigenvalue weighted by Gasteiger charge is 2.18. The highest BCUT2D eigenvalue weighted by Crippen LogP contribution is 2.33. The molecule has 156 valence electrons. The fraction of sp³-hybridized carbons (Fsp3) is 0.500. The number of carbonyl (C=O) groups is 3. The quantitative estimate of drug-likeness (QED) is 0.527. The molecule has 0 heterocycles. The van der Waals surface area contributed by atoms with Gasteiger partial charge < -0.3 is 30.0 Å². The van der Waals surface area contributed by atoms with Crippen LogP contribution < -0.4 is 20.1 Å². The largest absolute Gasteiger partial charge is 0.493 e. The number of benzene rings is 1. The number of carboxylic acids is 1. The van der Waals surface area contributed by atoms with Gasteiger partial charge in [-0.25, -0.2) is 9.59 Å². The fourth-order valence-corrected chi connectivity index (χ4v) is 2.70. The smallest absolute Gasteiger partial charge is 0.407 e. The third kappa shape index (κ3) is 7.95. The zero-order valence-corrected chi connectivity index (χ0v) is 17.4. The number of hydrogen-bond donors (Lipinski definition) is 3. The SMILES string of the molecule is COc1cc(NC(=O)CSCCNC(=O)OC(C)(C)C)c(C(=O)O)cc1OC. The van der Waals surface area contributed by atoms with Gasteiger partial charge in [-0.15, -0.1) is 0 Å². The summed E-state index contributed by atoms with van der Waals surface area (Å²) in [5.74, 6) is -0.451. The number of methoxy groups -OCH3 is 2. The van der Waals surface area contributed by atoms with Crippen molar-refractivity contribution < 1.29 is 33.7 Å². The molecule has 1 rings (SSSR count). The van der Waals surface area contributed by atoms with Gasteiger partial charge in [-0.05, 0) is 20.8 Å². The van der Waals surface area contributed by atoms with Crippen molar-refractivity contribution >= 4 is 35.4 Å². The topological polar surface area (TPSA) is 123 Å². The Labute approximate surface area is 168 Å². The third-order valence-electron chi connectivity index (χ3n) is 3.18. The standard InChI is InChI=1S/C18H26N2O7S/c1-18(2,3)27-17(24)19-6-7-28-10-15(21)20-12-9-14(26-5)13(25-4)8-11(12)16(22)23/h8-9H,6-7,10H2,1-5H3,(H,19,24)(H,20,21)(H,22,23). The van der Waals surface area contributed by atoms with E-state index in [0.717, 1.165) is 0 Å². The Morgan fingerprint density at radius 1 is 1.11 bits per heavy atom. The van der Waals surface area contributed by atoms with E-state index in [0.29, 0.717) is 18.0 Å². The Hall–Kier alpha value is -2.62. The maximum Gasteiger partial charge on any atom is 0.407 e. The summed E-state index contributed by atoms with van der Waals surface area (Å²) >= 11 is 1.29. The van der Waals surface area contributed by atoms with Crippen LogP contribution in [0.2, 0.25) is 0 Å². The molecular formula is C18H26N2O7S. The second-order valence-electron chi connectivity index (χ2n) is 6.59. The number of carboxylic acid groups (broad SMARTS) is 1. The molecule has 0 aliphatic carbocycles. The maximum absolute atomic E-state index is 12.1. The molecular weight excluding hydrogens is 388 g/mol. The summed E-state index contributed by atoms with van der Waals surface area (Å²) in [7, 11) is 2.81. The van der Waals surface area contributed by atoms with E-state index in [9.17, 15) is 19.5 Å². The molecule has 0 aromatic heterocycles. The van der Waals surface area contributed by atoms with Crippen LogP contribution in [0, 0.1) is 0 Å². The van der Waals surface area contributed by atoms with E-state index < -0.39 is 17.7 Å². The van der Waals surface area contributed by atoms with Gasteiger partial charge in [-0.1, -0.05) is 0 Å². The van der Waals surface area contributed by atoms with Gasteiger partial charge in [0.25, 0.3) is 0 Å². The molecule has 3 N–H and O–H groups in total. The summed E-state index contributed by atoms with van der Waals surface area (Å²) in [6.07, 6.45) is -0.519. The van der Waals surface area contributed by atoms with E-state index in [4.69, 9.17) is 14.2 Å². The first-order valence-electron chi connectivity index (χ1n) is 8.41. The zero-order valence-electron chi connectivity index (χ0n) is 16.6. The second kappa shape index (κ2) is 10.6. The first kappa shape index (κ1) is 23.4. The third-order valence-corrected chi connectivity index (χ3v) is 4.14. The molecule has 0 aliphatic rings. The van der Waals surface area contributed by atoms with E-state index in [1.807, 2.05) is 0 Å². The number of alkyl carbamates (subject to hydrolysis) is 1. The van der Waals surface area contributed by atoms with Crippen molar-refractivity contribution in [2.75, 3.05) is 37.6 Å². The molecule has 1 aromatic rings. The Bertz CT molecular complexity index is 717. The van der Waals surface area contributed by atoms with E-state index in [1.165, 1.54) is 38.1 Å². The van der Waals surface area contributed by atoms with Crippen LogP contribution in [0.3, 0.4) is 0 Å². The van der Waals surface area contributed by atoms with Crippen LogP contribution in [0.25, 0.3) is 0 Å². The molecule has 28 heavy (non-hydrogen) atoms. The molecule has 0 unspecified atom stereocenters. The number of anilines is 1. The van der Waals surface area contributed by atoms with Gasteiger partial charge in [-0.3, -0.25) is 4.79 Å². The van der Waals surface area contributed by atoms with Crippen molar-refractivity contribution in [3.05, 3.63) is 17.7 Å². The minimum Gasteiger partial charge on any atom is -0.493 e. The number of nitrogens with one attached hydrogen (secondary N) is 2. The van der Waals surface area contributed by atoms with Crippen molar-refractivity contribution in [1.82, 2.24) is 5.32 Å². The minimum absolute atomic E-state index is 0.0867. The Morgan fingerprint density at radius 3 is 2.25 bits per heavy atom. The van der Waals surface area contributed by atoms with Crippen molar-refractivity contribution in [3.8, 4) is 11.5 Å². The number of aromatic carboxylic acids is 1. The molecule has 0 radical (unpaired) electrons. The number of hydrogen-bond acceptors (Lipinski definition) is 7. The number of thioether (sulfide) groups is 1. The van der Waals surface area contributed by atoms with Crippen LogP contribution >= 0.6 is 11.8 Å². The number of carbonyl (C=O) groups excluding carboxylic acids is 2. The van der Waals surface area contributed by atoms with E-state index in [-0.39, 0.29) is 28.7 Å². The second-order valence-corrected chi connectivity index (χ2v) is 7.69. The van der Waals surface area contributed by atoms with Crippen molar-refractivity contribution in [1.29, 1.82) is 0 Å². The van der Waals surface area contributed by atoms with Crippen LogP contribution in [0.1, 0.15) is 31.1 Å². The van der Waals surface area contributed by atoms with Crippen LogP contribution in [0.5, 0.6) is 11.5 Å². The summed E-state index contributed by atoms with van der Waals surface area (Å²) < 4.78 is 15.3. The number of ether oxygens (including phenoxy) is 3. The molecule has 10 heteroatoms. The first-order valence-corrected chi connectivity index (χ1v) is 9.56. The Kier molecular flexibility index (Phi) is 8.90. The Morgan fingerprint density at radius 2 is 1.71 bits per heavy atom. The molecule has 9 nitrogen and oxygen atoms in total. The van der Waals surface area contributed by atoms with Gasteiger partial charge in [-0.2, -0.15) is 11.8 Å². The average Bonchev–Trinajstić information content (AvgIpc) is 2.59. The minimum atomic E-state index is -1.20.